The zero-order valence-corrected chi connectivity index (χ0v) is 15.7. The lowest BCUT2D eigenvalue weighted by Crippen LogP contribution is -2.46. The molecule has 0 fully saturated rings. The van der Waals surface area contributed by atoms with Crippen LogP contribution in [0.5, 0.6) is 0 Å². The summed E-state index contributed by atoms with van der Waals surface area (Å²) in [6, 6.07) is 6.98. The van der Waals surface area contributed by atoms with Gasteiger partial charge in [-0.1, -0.05) is 23.9 Å². The Morgan fingerprint density at radius 1 is 1.24 bits per heavy atom. The number of carbonyl (C=O) groups excluding carboxylic acids is 3. The fourth-order valence-corrected chi connectivity index (χ4v) is 3.68. The van der Waals surface area contributed by atoms with E-state index in [9.17, 15) is 14.4 Å². The van der Waals surface area contributed by atoms with Crippen molar-refractivity contribution in [1.29, 1.82) is 0 Å². The van der Waals surface area contributed by atoms with E-state index in [1.165, 1.54) is 30.0 Å². The number of thiazole rings is 1. The normalized spacial score (nSPS) is 12.0. The lowest BCUT2D eigenvalue weighted by atomic mass is 10.3. The maximum absolute atomic E-state index is 11.9. The van der Waals surface area contributed by atoms with Crippen LogP contribution in [0.25, 0.3) is 10.2 Å². The third kappa shape index (κ3) is 6.02. The third-order valence-corrected chi connectivity index (χ3v) is 5.07. The molecule has 0 radical (unpaired) electrons. The number of carbonyl (C=O) groups is 3. The summed E-state index contributed by atoms with van der Waals surface area (Å²) in [7, 11) is 0. The monoisotopic (exact) mass is 381 g/mol. The number of ether oxygens (including phenoxy) is 1. The summed E-state index contributed by atoms with van der Waals surface area (Å²) in [5, 5.41) is 4.64. The molecule has 0 saturated carbocycles. The zero-order valence-electron chi connectivity index (χ0n) is 14.1. The van der Waals surface area contributed by atoms with Gasteiger partial charge in [0.15, 0.2) is 10.4 Å². The maximum atomic E-state index is 11.9. The van der Waals surface area contributed by atoms with E-state index in [1.807, 2.05) is 24.3 Å². The van der Waals surface area contributed by atoms with Gasteiger partial charge in [-0.05, 0) is 32.9 Å². The number of imide groups is 1. The largest absolute Gasteiger partial charge is 0.452 e. The molecule has 3 amide bonds. The third-order valence-electron chi connectivity index (χ3n) is 2.92. The first kappa shape index (κ1) is 19.2. The Bertz CT molecular complexity index is 743. The highest BCUT2D eigenvalue weighted by atomic mass is 32.2. The number of hydrogen-bond donors (Lipinski definition) is 2. The maximum Gasteiger partial charge on any atom is 0.321 e. The van der Waals surface area contributed by atoms with Gasteiger partial charge in [0, 0.05) is 6.04 Å². The van der Waals surface area contributed by atoms with Crippen molar-refractivity contribution < 1.29 is 19.1 Å². The topological polar surface area (TPSA) is 97.4 Å². The van der Waals surface area contributed by atoms with E-state index in [4.69, 9.17) is 4.74 Å². The molecule has 1 unspecified atom stereocenters. The van der Waals surface area contributed by atoms with Crippen molar-refractivity contribution in [3.8, 4) is 0 Å². The van der Waals surface area contributed by atoms with Crippen LogP contribution in [-0.2, 0) is 14.3 Å². The minimum Gasteiger partial charge on any atom is -0.452 e. The molecule has 0 aliphatic rings. The summed E-state index contributed by atoms with van der Waals surface area (Å²) in [6.45, 7) is 4.96. The molecule has 7 nitrogen and oxygen atoms in total. The van der Waals surface area contributed by atoms with Crippen LogP contribution >= 0.6 is 23.1 Å². The number of esters is 1. The summed E-state index contributed by atoms with van der Waals surface area (Å²) in [4.78, 5) is 39.5. The van der Waals surface area contributed by atoms with Gasteiger partial charge < -0.3 is 10.1 Å². The average molecular weight is 381 g/mol. The Balaban J connectivity index is 1.78. The van der Waals surface area contributed by atoms with E-state index < -0.39 is 24.0 Å². The molecule has 1 aromatic carbocycles. The van der Waals surface area contributed by atoms with E-state index in [-0.39, 0.29) is 11.8 Å². The standard InChI is InChI=1S/C16H19N3O4S2/c1-9(2)17-15(22)19-14(21)10(3)23-13(20)8-24-16-18-11-6-4-5-7-12(11)25-16/h4-7,9-10H,8H2,1-3H3,(H2,17,19,21,22). The summed E-state index contributed by atoms with van der Waals surface area (Å²) >= 11 is 2.74. The van der Waals surface area contributed by atoms with E-state index in [1.54, 1.807) is 13.8 Å². The molecule has 9 heteroatoms. The van der Waals surface area contributed by atoms with Crippen molar-refractivity contribution in [1.82, 2.24) is 15.6 Å². The zero-order chi connectivity index (χ0) is 18.4. The number of para-hydroxylation sites is 1. The molecule has 2 N–H and O–H groups in total. The van der Waals surface area contributed by atoms with Crippen LogP contribution in [-0.4, -0.2) is 40.8 Å². The first-order chi connectivity index (χ1) is 11.8. The molecule has 0 aliphatic carbocycles. The van der Waals surface area contributed by atoms with Crippen molar-refractivity contribution in [2.45, 2.75) is 37.3 Å². The molecule has 0 bridgehead atoms. The van der Waals surface area contributed by atoms with Crippen LogP contribution in [0.1, 0.15) is 20.8 Å². The molecule has 0 aliphatic heterocycles. The summed E-state index contributed by atoms with van der Waals surface area (Å²) < 4.78 is 6.84. The number of amides is 3. The predicted octanol–water partition coefficient (Wildman–Crippen LogP) is 2.55. The van der Waals surface area contributed by atoms with Gasteiger partial charge in [-0.2, -0.15) is 0 Å². The first-order valence-corrected chi connectivity index (χ1v) is 9.44. The summed E-state index contributed by atoms with van der Waals surface area (Å²) in [5.74, 6) is -1.18. The Morgan fingerprint density at radius 2 is 1.96 bits per heavy atom. The average Bonchev–Trinajstić information content (AvgIpc) is 2.94. The van der Waals surface area contributed by atoms with Crippen molar-refractivity contribution in [3.05, 3.63) is 24.3 Å². The number of thioether (sulfide) groups is 1. The van der Waals surface area contributed by atoms with Crippen LogP contribution in [0, 0.1) is 0 Å². The second-order valence-corrected chi connectivity index (χ2v) is 7.74. The van der Waals surface area contributed by atoms with Crippen molar-refractivity contribution in [2.75, 3.05) is 5.75 Å². The number of nitrogens with one attached hydrogen (secondary N) is 2. The Kier molecular flexibility index (Phi) is 6.77. The molecule has 25 heavy (non-hydrogen) atoms. The SMILES string of the molecule is CC(C)NC(=O)NC(=O)C(C)OC(=O)CSc1nc2ccccc2s1. The minimum atomic E-state index is -1.05. The molecule has 134 valence electrons. The number of rotatable bonds is 6. The highest BCUT2D eigenvalue weighted by Crippen LogP contribution is 2.29. The molecular weight excluding hydrogens is 362 g/mol. The highest BCUT2D eigenvalue weighted by molar-refractivity contribution is 8.01. The van der Waals surface area contributed by atoms with Gasteiger partial charge >= 0.3 is 12.0 Å². The highest BCUT2D eigenvalue weighted by Gasteiger charge is 2.20. The quantitative estimate of drug-likeness (QED) is 0.590. The number of aromatic nitrogens is 1. The lowest BCUT2D eigenvalue weighted by molar-refractivity contribution is -0.151. The smallest absolute Gasteiger partial charge is 0.321 e. The Hall–Kier alpha value is -2.13. The predicted molar refractivity (Wildman–Crippen MR) is 97.7 cm³/mol. The van der Waals surface area contributed by atoms with Crippen LogP contribution in [0.4, 0.5) is 4.79 Å². The first-order valence-electron chi connectivity index (χ1n) is 7.64. The Morgan fingerprint density at radius 3 is 2.64 bits per heavy atom. The van der Waals surface area contributed by atoms with Gasteiger partial charge in [-0.3, -0.25) is 14.9 Å². The molecule has 2 aromatic rings. The number of fused-ring (bicyclic) bond motifs is 1. The molecule has 1 atom stereocenters. The van der Waals surface area contributed by atoms with Crippen molar-refractivity contribution in [3.63, 3.8) is 0 Å². The molecular formula is C16H19N3O4S2. The van der Waals surface area contributed by atoms with Gasteiger partial charge in [-0.25, -0.2) is 9.78 Å². The van der Waals surface area contributed by atoms with E-state index >= 15 is 0 Å². The van der Waals surface area contributed by atoms with Gasteiger partial charge in [0.1, 0.15) is 0 Å². The van der Waals surface area contributed by atoms with Crippen molar-refractivity contribution >= 4 is 51.2 Å². The molecule has 1 aromatic heterocycles. The molecule has 1 heterocycles. The second-order valence-electron chi connectivity index (χ2n) is 5.49. The fourth-order valence-electron chi connectivity index (χ4n) is 1.83. The number of benzene rings is 1. The molecule has 0 saturated heterocycles. The summed E-state index contributed by atoms with van der Waals surface area (Å²) in [5.41, 5.74) is 0.882. The van der Waals surface area contributed by atoms with E-state index in [0.717, 1.165) is 14.6 Å². The fraction of sp³-hybridized carbons (Fsp3) is 0.375. The van der Waals surface area contributed by atoms with E-state index in [0.29, 0.717) is 0 Å². The van der Waals surface area contributed by atoms with Gasteiger partial charge in [0.05, 0.1) is 16.0 Å². The molecule has 2 rings (SSSR count). The molecule has 0 spiro atoms. The van der Waals surface area contributed by atoms with Gasteiger partial charge in [0.2, 0.25) is 0 Å². The number of nitrogens with zero attached hydrogens (tertiary/aromatic N) is 1. The minimum absolute atomic E-state index is 0.0373. The lowest BCUT2D eigenvalue weighted by Gasteiger charge is -2.14. The Labute approximate surface area is 153 Å². The van der Waals surface area contributed by atoms with Crippen molar-refractivity contribution in [2.24, 2.45) is 0 Å². The van der Waals surface area contributed by atoms with E-state index in [2.05, 4.69) is 15.6 Å². The van der Waals surface area contributed by atoms with Crippen LogP contribution in [0.2, 0.25) is 0 Å². The van der Waals surface area contributed by atoms with Crippen LogP contribution < -0.4 is 10.6 Å². The van der Waals surface area contributed by atoms with Crippen LogP contribution in [0.3, 0.4) is 0 Å². The van der Waals surface area contributed by atoms with Crippen LogP contribution in [0.15, 0.2) is 28.6 Å². The number of hydrogen-bond acceptors (Lipinski definition) is 7. The number of urea groups is 1. The van der Waals surface area contributed by atoms with Gasteiger partial charge in [-0.15, -0.1) is 11.3 Å². The summed E-state index contributed by atoms with van der Waals surface area (Å²) in [6.07, 6.45) is -1.05. The second kappa shape index (κ2) is 8.82. The van der Waals surface area contributed by atoms with Gasteiger partial charge in [0.25, 0.3) is 5.91 Å².